The van der Waals surface area contributed by atoms with Crippen molar-refractivity contribution in [1.82, 2.24) is 25.6 Å². The van der Waals surface area contributed by atoms with Crippen LogP contribution in [0.2, 0.25) is 0 Å². The van der Waals surface area contributed by atoms with Crippen LogP contribution in [0.3, 0.4) is 0 Å². The summed E-state index contributed by atoms with van der Waals surface area (Å²) >= 11 is 0. The molecule has 188 valence electrons. The number of morpholine rings is 1. The van der Waals surface area contributed by atoms with Gasteiger partial charge in [0.2, 0.25) is 5.95 Å². The third-order valence-electron chi connectivity index (χ3n) is 6.63. The first-order valence-electron chi connectivity index (χ1n) is 12.2. The molecule has 0 bridgehead atoms. The predicted octanol–water partition coefficient (Wildman–Crippen LogP) is 3.03. The Morgan fingerprint density at radius 2 is 2.08 bits per heavy atom. The Hall–Kier alpha value is -3.63. The average molecular weight is 491 g/mol. The van der Waals surface area contributed by atoms with E-state index in [1.807, 2.05) is 39.2 Å². The molecule has 2 aromatic rings. The molecule has 3 aliphatic rings. The molecule has 2 aliphatic heterocycles. The molecular formula is C26H31FN8O. The number of hydrogen-bond donors (Lipinski definition) is 4. The fourth-order valence-electron chi connectivity index (χ4n) is 4.84. The second-order valence-electron chi connectivity index (χ2n) is 9.37. The lowest BCUT2D eigenvalue weighted by Crippen LogP contribution is -2.47. The predicted molar refractivity (Wildman–Crippen MR) is 139 cm³/mol. The molecule has 0 amide bonds. The van der Waals surface area contributed by atoms with E-state index in [0.717, 1.165) is 49.4 Å². The van der Waals surface area contributed by atoms with Crippen molar-refractivity contribution < 1.29 is 9.13 Å². The third-order valence-corrected chi connectivity index (χ3v) is 6.63. The topological polar surface area (TPSA) is 111 Å². The van der Waals surface area contributed by atoms with Gasteiger partial charge in [-0.1, -0.05) is 19.9 Å². The molecule has 9 nitrogen and oxygen atoms in total. The van der Waals surface area contributed by atoms with Crippen LogP contribution in [0.4, 0.5) is 21.8 Å². The summed E-state index contributed by atoms with van der Waals surface area (Å²) in [7, 11) is 1.83. The van der Waals surface area contributed by atoms with E-state index in [-0.39, 0.29) is 23.7 Å². The van der Waals surface area contributed by atoms with Crippen LogP contribution in [0.5, 0.6) is 0 Å². The van der Waals surface area contributed by atoms with Crippen LogP contribution in [-0.4, -0.2) is 66.1 Å². The van der Waals surface area contributed by atoms with Gasteiger partial charge in [0.1, 0.15) is 11.5 Å². The molecule has 4 N–H and O–H groups in total. The molecule has 36 heavy (non-hydrogen) atoms. The van der Waals surface area contributed by atoms with Gasteiger partial charge in [-0.05, 0) is 30.2 Å². The molecule has 1 aliphatic carbocycles. The first-order valence-corrected chi connectivity index (χ1v) is 12.2. The minimum atomic E-state index is -0.533. The molecule has 5 rings (SSSR count). The molecule has 0 aromatic carbocycles. The highest BCUT2D eigenvalue weighted by Crippen LogP contribution is 2.28. The molecule has 2 atom stereocenters. The molecule has 2 unspecified atom stereocenters. The van der Waals surface area contributed by atoms with Crippen molar-refractivity contribution in [1.29, 1.82) is 5.41 Å². The number of ether oxygens (including phenoxy) is 1. The van der Waals surface area contributed by atoms with Crippen LogP contribution >= 0.6 is 0 Å². The lowest BCUT2D eigenvalue weighted by molar-refractivity contribution is 0.0212. The fraction of sp³-hybridized carbons (Fsp3) is 0.385. The number of rotatable bonds is 6. The highest BCUT2D eigenvalue weighted by atomic mass is 19.1. The Kier molecular flexibility index (Phi) is 6.80. The van der Waals surface area contributed by atoms with E-state index >= 15 is 0 Å². The number of fused-ring (bicyclic) bond motifs is 1. The van der Waals surface area contributed by atoms with Gasteiger partial charge in [0.15, 0.2) is 5.82 Å². The van der Waals surface area contributed by atoms with Crippen molar-refractivity contribution >= 4 is 28.7 Å². The highest BCUT2D eigenvalue weighted by molar-refractivity contribution is 6.13. The lowest BCUT2D eigenvalue weighted by Gasteiger charge is -2.25. The summed E-state index contributed by atoms with van der Waals surface area (Å²) in [5.74, 6) is 0.461. The zero-order valence-electron chi connectivity index (χ0n) is 20.7. The van der Waals surface area contributed by atoms with E-state index in [4.69, 9.17) is 10.1 Å². The van der Waals surface area contributed by atoms with Crippen molar-refractivity contribution in [3.8, 4) is 0 Å². The second-order valence-corrected chi connectivity index (χ2v) is 9.37. The molecule has 0 radical (unpaired) electrons. The first kappa shape index (κ1) is 24.1. The molecule has 2 fully saturated rings. The third kappa shape index (κ3) is 4.87. The average Bonchev–Trinajstić information content (AvgIpc) is 3.31. The van der Waals surface area contributed by atoms with Gasteiger partial charge in [-0.25, -0.2) is 19.3 Å². The number of hydrogen-bond acceptors (Lipinski definition) is 9. The summed E-state index contributed by atoms with van der Waals surface area (Å²) in [5.41, 5.74) is 3.76. The zero-order valence-corrected chi connectivity index (χ0v) is 20.7. The fourth-order valence-corrected chi connectivity index (χ4v) is 4.84. The second kappa shape index (κ2) is 10.2. The molecular weight excluding hydrogens is 459 g/mol. The Balaban J connectivity index is 1.34. The summed E-state index contributed by atoms with van der Waals surface area (Å²) in [6.45, 7) is 7.44. The molecule has 2 aromatic heterocycles. The number of halogens is 1. The molecule has 2 saturated heterocycles. The quantitative estimate of drug-likeness (QED) is 0.489. The number of nitrogens with zero attached hydrogens (tertiary/aromatic N) is 4. The van der Waals surface area contributed by atoms with Crippen LogP contribution in [0.25, 0.3) is 5.57 Å². The van der Waals surface area contributed by atoms with Gasteiger partial charge >= 0.3 is 0 Å². The maximum absolute atomic E-state index is 14.8. The van der Waals surface area contributed by atoms with E-state index in [1.165, 1.54) is 0 Å². The number of anilines is 3. The summed E-state index contributed by atoms with van der Waals surface area (Å²) in [6.07, 6.45) is 8.32. The minimum Gasteiger partial charge on any atom is -0.391 e. The van der Waals surface area contributed by atoms with E-state index in [2.05, 4.69) is 35.8 Å². The van der Waals surface area contributed by atoms with Gasteiger partial charge in [0, 0.05) is 43.5 Å². The zero-order chi connectivity index (χ0) is 25.2. The largest absolute Gasteiger partial charge is 0.391 e. The lowest BCUT2D eigenvalue weighted by atomic mass is 9.93. The summed E-state index contributed by atoms with van der Waals surface area (Å²) in [6, 6.07) is 4.20. The molecule has 0 spiro atoms. The van der Waals surface area contributed by atoms with Gasteiger partial charge in [-0.2, -0.15) is 0 Å². The number of aromatic nitrogens is 3. The smallest absolute Gasteiger partial charge is 0.229 e. The van der Waals surface area contributed by atoms with E-state index in [9.17, 15) is 4.39 Å². The number of pyridine rings is 1. The van der Waals surface area contributed by atoms with Gasteiger partial charge in [-0.15, -0.1) is 0 Å². The molecule has 10 heteroatoms. The van der Waals surface area contributed by atoms with Gasteiger partial charge in [0.05, 0.1) is 42.5 Å². The SMILES string of the molecule is CN/C(=C1/C=C(c2nc(Nc3ccc(N4CC5NCCOC5C4)cn3)ncc2F)C=CC1=N)C(C)C. The number of nitrogens with one attached hydrogen (secondary N) is 4. The number of allylic oxidation sites excluding steroid dienone is 6. The maximum Gasteiger partial charge on any atom is 0.229 e. The van der Waals surface area contributed by atoms with Crippen LogP contribution in [0, 0.1) is 17.1 Å². The van der Waals surface area contributed by atoms with Crippen LogP contribution < -0.4 is 20.9 Å². The summed E-state index contributed by atoms with van der Waals surface area (Å²) in [5, 5.41) is 18.1. The van der Waals surface area contributed by atoms with E-state index < -0.39 is 5.82 Å². The van der Waals surface area contributed by atoms with Crippen molar-refractivity contribution in [3.05, 3.63) is 65.5 Å². The minimum absolute atomic E-state index is 0.164. The van der Waals surface area contributed by atoms with Crippen molar-refractivity contribution in [2.75, 3.05) is 43.5 Å². The van der Waals surface area contributed by atoms with Crippen LogP contribution in [-0.2, 0) is 4.74 Å². The summed E-state index contributed by atoms with van der Waals surface area (Å²) < 4.78 is 20.6. The van der Waals surface area contributed by atoms with E-state index in [1.54, 1.807) is 18.2 Å². The summed E-state index contributed by atoms with van der Waals surface area (Å²) in [4.78, 5) is 15.3. The molecule has 0 saturated carbocycles. The van der Waals surface area contributed by atoms with Crippen LogP contribution in [0.15, 0.2) is 54.0 Å². The van der Waals surface area contributed by atoms with Crippen molar-refractivity contribution in [3.63, 3.8) is 0 Å². The Bertz CT molecular complexity index is 1220. The Morgan fingerprint density at radius 3 is 2.81 bits per heavy atom. The van der Waals surface area contributed by atoms with Gasteiger partial charge in [-0.3, -0.25) is 0 Å². The monoisotopic (exact) mass is 490 g/mol. The maximum atomic E-state index is 14.8. The van der Waals surface area contributed by atoms with Crippen LogP contribution in [0.1, 0.15) is 19.5 Å². The van der Waals surface area contributed by atoms with Gasteiger partial charge < -0.3 is 31.0 Å². The highest BCUT2D eigenvalue weighted by Gasteiger charge is 2.35. The van der Waals surface area contributed by atoms with Crippen molar-refractivity contribution in [2.45, 2.75) is 26.0 Å². The standard InChI is InChI=1S/C26H31FN8O/c1-15(2)24(29-3)18-10-16(4-6-20(18)28)25-19(27)12-32-26(34-25)33-23-7-5-17(11-31-23)35-13-21-22(14-35)36-9-8-30-21/h4-7,10-12,15,21-22,28-30H,8-9,13-14H2,1-3H3,(H,31,32,33,34)/b24-18-,28-20?. The molecule has 4 heterocycles. The van der Waals surface area contributed by atoms with Gasteiger partial charge in [0.25, 0.3) is 0 Å². The van der Waals surface area contributed by atoms with E-state index in [0.29, 0.717) is 23.1 Å². The Labute approximate surface area is 210 Å². The first-order chi connectivity index (χ1) is 17.4. The normalized spacial score (nSPS) is 23.0. The Morgan fingerprint density at radius 1 is 1.22 bits per heavy atom. The van der Waals surface area contributed by atoms with Crippen molar-refractivity contribution in [2.24, 2.45) is 5.92 Å².